The van der Waals surface area contributed by atoms with E-state index in [0.717, 1.165) is 16.5 Å². The molecule has 6 nitrogen and oxygen atoms in total. The molecule has 0 spiro atoms. The molecule has 0 unspecified atom stereocenters. The molecule has 0 N–H and O–H groups in total. The predicted molar refractivity (Wildman–Crippen MR) is 135 cm³/mol. The molecule has 1 amide bonds. The first kappa shape index (κ1) is 24.8. The van der Waals surface area contributed by atoms with E-state index < -0.39 is 5.92 Å². The number of hydrogen-bond acceptors (Lipinski definition) is 4. The Morgan fingerprint density at radius 1 is 1.14 bits per heavy atom. The molecular weight excluding hydrogens is 486 g/mol. The Hall–Kier alpha value is -2.84. The third kappa shape index (κ3) is 5.30. The highest BCUT2D eigenvalue weighted by molar-refractivity contribution is 6.30. The van der Waals surface area contributed by atoms with Crippen molar-refractivity contribution in [3.63, 3.8) is 0 Å². The van der Waals surface area contributed by atoms with Crippen molar-refractivity contribution in [2.45, 2.75) is 38.7 Å². The number of likely N-dealkylation sites (tertiary alicyclic amines) is 2. The van der Waals surface area contributed by atoms with E-state index in [-0.39, 0.29) is 24.7 Å². The van der Waals surface area contributed by atoms with Crippen LogP contribution in [0.2, 0.25) is 5.02 Å². The predicted octanol–water partition coefficient (Wildman–Crippen LogP) is 5.07. The molecule has 36 heavy (non-hydrogen) atoms. The van der Waals surface area contributed by atoms with Crippen molar-refractivity contribution >= 4 is 34.2 Å². The number of carbonyl (C=O) groups is 2. The molecule has 2 aliphatic rings. The third-order valence-corrected chi connectivity index (χ3v) is 7.47. The lowest BCUT2D eigenvalue weighted by Gasteiger charge is -2.39. The summed E-state index contributed by atoms with van der Waals surface area (Å²) in [5.74, 6) is -2.25. The van der Waals surface area contributed by atoms with Crippen LogP contribution in [0.25, 0.3) is 10.9 Å². The largest absolute Gasteiger partial charge is 0.338 e. The zero-order chi connectivity index (χ0) is 25.4. The first-order chi connectivity index (χ1) is 17.2. The minimum absolute atomic E-state index is 0.00554. The van der Waals surface area contributed by atoms with Crippen molar-refractivity contribution in [2.75, 3.05) is 32.7 Å². The van der Waals surface area contributed by atoms with Gasteiger partial charge in [-0.1, -0.05) is 11.6 Å². The number of Topliss-reactive ketones (excluding diaryl/α,β-unsaturated/α-hetero) is 1. The summed E-state index contributed by atoms with van der Waals surface area (Å²) in [5, 5.41) is 6.21. The quantitative estimate of drug-likeness (QED) is 0.394. The summed E-state index contributed by atoms with van der Waals surface area (Å²) >= 11 is 5.91. The van der Waals surface area contributed by atoms with Gasteiger partial charge >= 0.3 is 0 Å². The topological polar surface area (TPSA) is 58.4 Å². The molecule has 2 aliphatic heterocycles. The van der Waals surface area contributed by atoms with Crippen LogP contribution in [0.5, 0.6) is 0 Å². The van der Waals surface area contributed by atoms with E-state index in [4.69, 9.17) is 11.6 Å². The van der Waals surface area contributed by atoms with Crippen molar-refractivity contribution < 1.29 is 18.4 Å². The monoisotopic (exact) mass is 514 g/mol. The van der Waals surface area contributed by atoms with Crippen LogP contribution in [-0.2, 0) is 6.54 Å². The van der Waals surface area contributed by atoms with Crippen LogP contribution in [0, 0.1) is 12.8 Å². The number of nitrogens with zero attached hydrogens (tertiary/aromatic N) is 4. The number of hydrogen-bond donors (Lipinski definition) is 0. The Bertz CT molecular complexity index is 1280. The van der Waals surface area contributed by atoms with E-state index in [2.05, 4.69) is 5.10 Å². The molecule has 9 heteroatoms. The molecule has 2 fully saturated rings. The average Bonchev–Trinajstić information content (AvgIpc) is 3.39. The van der Waals surface area contributed by atoms with E-state index in [0.29, 0.717) is 67.6 Å². The standard InChI is InChI=1S/C27H29ClF2N4O2/c1-18-22(25(35)3-2-11-32-12-10-27(29,30)17-32)8-9-24-23(18)16-34(31-24)15-19-13-33(14-19)26(36)20-4-6-21(28)7-5-20/h4-9,16,19H,2-3,10-15,17H2,1H3. The van der Waals surface area contributed by atoms with Crippen LogP contribution in [0.1, 0.15) is 45.5 Å². The third-order valence-electron chi connectivity index (χ3n) is 7.21. The first-order valence-corrected chi connectivity index (χ1v) is 12.7. The van der Waals surface area contributed by atoms with Crippen LogP contribution < -0.4 is 0 Å². The number of benzene rings is 2. The molecule has 0 atom stereocenters. The summed E-state index contributed by atoms with van der Waals surface area (Å²) in [6.07, 6.45) is 2.77. The molecule has 0 bridgehead atoms. The van der Waals surface area contributed by atoms with Gasteiger partial charge in [-0.3, -0.25) is 19.2 Å². The molecule has 190 valence electrons. The maximum atomic E-state index is 13.4. The van der Waals surface area contributed by atoms with Crippen LogP contribution >= 0.6 is 11.6 Å². The van der Waals surface area contributed by atoms with Gasteiger partial charge < -0.3 is 4.90 Å². The SMILES string of the molecule is Cc1c(C(=O)CCCN2CCC(F)(F)C2)ccc2nn(CC3CN(C(=O)c4ccc(Cl)cc4)C3)cc12. The van der Waals surface area contributed by atoms with Crippen molar-refractivity contribution in [2.24, 2.45) is 5.92 Å². The zero-order valence-electron chi connectivity index (χ0n) is 20.2. The maximum absolute atomic E-state index is 13.4. The summed E-state index contributed by atoms with van der Waals surface area (Å²) in [7, 11) is 0. The highest BCUT2D eigenvalue weighted by atomic mass is 35.5. The molecule has 1 aromatic heterocycles. The second kappa shape index (κ2) is 9.90. The van der Waals surface area contributed by atoms with E-state index in [9.17, 15) is 18.4 Å². The van der Waals surface area contributed by atoms with Gasteiger partial charge in [0.15, 0.2) is 5.78 Å². The number of rotatable bonds is 8. The molecule has 3 heterocycles. The van der Waals surface area contributed by atoms with E-state index in [1.54, 1.807) is 29.2 Å². The average molecular weight is 515 g/mol. The van der Waals surface area contributed by atoms with Gasteiger partial charge in [-0.2, -0.15) is 5.10 Å². The van der Waals surface area contributed by atoms with Gasteiger partial charge in [-0.15, -0.1) is 0 Å². The van der Waals surface area contributed by atoms with Crippen molar-refractivity contribution in [1.82, 2.24) is 19.6 Å². The normalized spacial score (nSPS) is 18.1. The number of alkyl halides is 2. The molecule has 0 saturated carbocycles. The molecule has 3 aromatic rings. The van der Waals surface area contributed by atoms with E-state index >= 15 is 0 Å². The minimum atomic E-state index is -2.60. The van der Waals surface area contributed by atoms with Crippen molar-refractivity contribution in [3.05, 3.63) is 64.3 Å². The van der Waals surface area contributed by atoms with Crippen LogP contribution in [-0.4, -0.2) is 69.9 Å². The summed E-state index contributed by atoms with van der Waals surface area (Å²) < 4.78 is 28.6. The maximum Gasteiger partial charge on any atom is 0.261 e. The van der Waals surface area contributed by atoms with Gasteiger partial charge in [-0.25, -0.2) is 8.78 Å². The van der Waals surface area contributed by atoms with Crippen LogP contribution in [0.3, 0.4) is 0 Å². The van der Waals surface area contributed by atoms with Crippen molar-refractivity contribution in [1.29, 1.82) is 0 Å². The zero-order valence-corrected chi connectivity index (χ0v) is 21.0. The Morgan fingerprint density at radius 3 is 2.58 bits per heavy atom. The molecule has 2 saturated heterocycles. The van der Waals surface area contributed by atoms with Gasteiger partial charge in [0.1, 0.15) is 0 Å². The second-order valence-corrected chi connectivity index (χ2v) is 10.5. The van der Waals surface area contributed by atoms with Gasteiger partial charge in [-0.05, 0) is 61.9 Å². The lowest BCUT2D eigenvalue weighted by Crippen LogP contribution is -2.51. The number of aromatic nitrogens is 2. The van der Waals surface area contributed by atoms with Gasteiger partial charge in [0.05, 0.1) is 12.1 Å². The molecule has 0 aliphatic carbocycles. The minimum Gasteiger partial charge on any atom is -0.338 e. The lowest BCUT2D eigenvalue weighted by molar-refractivity contribution is 0.0122. The summed E-state index contributed by atoms with van der Waals surface area (Å²) in [5.41, 5.74) is 3.02. The Balaban J connectivity index is 1.16. The van der Waals surface area contributed by atoms with Gasteiger partial charge in [0.2, 0.25) is 0 Å². The number of fused-ring (bicyclic) bond motifs is 1. The number of amides is 1. The highest BCUT2D eigenvalue weighted by Crippen LogP contribution is 2.28. The summed E-state index contributed by atoms with van der Waals surface area (Å²) in [4.78, 5) is 29.0. The van der Waals surface area contributed by atoms with E-state index in [1.807, 2.05) is 34.8 Å². The van der Waals surface area contributed by atoms with Crippen LogP contribution in [0.4, 0.5) is 8.78 Å². The fourth-order valence-corrected chi connectivity index (χ4v) is 5.29. The fourth-order valence-electron chi connectivity index (χ4n) is 5.16. The summed E-state index contributed by atoms with van der Waals surface area (Å²) in [6.45, 7) is 4.66. The van der Waals surface area contributed by atoms with Crippen LogP contribution in [0.15, 0.2) is 42.6 Å². The molecular formula is C27H29ClF2N4O2. The fraction of sp³-hybridized carbons (Fsp3) is 0.444. The van der Waals surface area contributed by atoms with E-state index in [1.165, 1.54) is 0 Å². The number of aryl methyl sites for hydroxylation is 1. The molecule has 5 rings (SSSR count). The number of carbonyl (C=O) groups excluding carboxylic acids is 2. The Morgan fingerprint density at radius 2 is 1.89 bits per heavy atom. The Kier molecular flexibility index (Phi) is 6.83. The highest BCUT2D eigenvalue weighted by Gasteiger charge is 2.37. The lowest BCUT2D eigenvalue weighted by atomic mass is 9.98. The van der Waals surface area contributed by atoms with Gasteiger partial charge in [0, 0.05) is 72.7 Å². The van der Waals surface area contributed by atoms with Gasteiger partial charge in [0.25, 0.3) is 11.8 Å². The Labute approximate surface area is 213 Å². The smallest absolute Gasteiger partial charge is 0.261 e. The first-order valence-electron chi connectivity index (χ1n) is 12.3. The number of ketones is 1. The second-order valence-electron chi connectivity index (χ2n) is 10.0. The molecule has 0 radical (unpaired) electrons. The van der Waals surface area contributed by atoms with Crippen molar-refractivity contribution in [3.8, 4) is 0 Å². The summed E-state index contributed by atoms with van der Waals surface area (Å²) in [6, 6.07) is 10.6. The molecule has 2 aromatic carbocycles. The number of halogens is 3.